The van der Waals surface area contributed by atoms with Gasteiger partial charge in [0.05, 0.1) is 18.2 Å². The second kappa shape index (κ2) is 10.5. The number of hydrogen-bond donors (Lipinski definition) is 1. The predicted molar refractivity (Wildman–Crippen MR) is 133 cm³/mol. The van der Waals surface area contributed by atoms with E-state index in [0.717, 1.165) is 15.6 Å². The highest BCUT2D eigenvalue weighted by molar-refractivity contribution is 9.10. The summed E-state index contributed by atoms with van der Waals surface area (Å²) in [4.78, 5) is 29.6. The molecule has 176 valence electrons. The molecule has 1 saturated heterocycles. The van der Waals surface area contributed by atoms with Crippen LogP contribution in [0.3, 0.4) is 0 Å². The standard InChI is InChI=1S/C26H31BrN2O4/c1-16(2)15-33-20-9-10-21(17(3)13-20)24(30)22-23(18-7-6-8-19(27)14-18)29(12-11-28(4)5)26(32)25(22)31/h6-10,13-14,16,23,30H,11-12,15H2,1-5H3/b24-22+. The van der Waals surface area contributed by atoms with Gasteiger partial charge in [0.1, 0.15) is 11.5 Å². The van der Waals surface area contributed by atoms with Crippen LogP contribution in [0.1, 0.15) is 36.6 Å². The molecule has 7 heteroatoms. The summed E-state index contributed by atoms with van der Waals surface area (Å²) in [5.41, 5.74) is 2.15. The maximum Gasteiger partial charge on any atom is 0.295 e. The lowest BCUT2D eigenvalue weighted by atomic mass is 9.94. The summed E-state index contributed by atoms with van der Waals surface area (Å²) < 4.78 is 6.62. The van der Waals surface area contributed by atoms with Gasteiger partial charge in [-0.3, -0.25) is 9.59 Å². The molecule has 0 saturated carbocycles. The van der Waals surface area contributed by atoms with Gasteiger partial charge < -0.3 is 19.6 Å². The number of carbonyl (C=O) groups excluding carboxylic acids is 2. The number of amides is 1. The van der Waals surface area contributed by atoms with Crippen LogP contribution in [-0.2, 0) is 9.59 Å². The van der Waals surface area contributed by atoms with E-state index in [1.165, 1.54) is 0 Å². The smallest absolute Gasteiger partial charge is 0.295 e. The van der Waals surface area contributed by atoms with Crippen molar-refractivity contribution in [2.45, 2.75) is 26.8 Å². The number of nitrogens with zero attached hydrogens (tertiary/aromatic N) is 2. The third-order valence-corrected chi connectivity index (χ3v) is 6.02. The lowest BCUT2D eigenvalue weighted by Crippen LogP contribution is -2.35. The zero-order chi connectivity index (χ0) is 24.3. The van der Waals surface area contributed by atoms with Gasteiger partial charge in [-0.15, -0.1) is 0 Å². The molecule has 1 unspecified atom stereocenters. The zero-order valence-corrected chi connectivity index (χ0v) is 21.3. The number of aliphatic hydroxyl groups is 1. The highest BCUT2D eigenvalue weighted by Crippen LogP contribution is 2.40. The average Bonchev–Trinajstić information content (AvgIpc) is 3.00. The Kier molecular flexibility index (Phi) is 7.97. The van der Waals surface area contributed by atoms with Crippen molar-refractivity contribution in [2.75, 3.05) is 33.8 Å². The van der Waals surface area contributed by atoms with E-state index in [2.05, 4.69) is 29.8 Å². The molecule has 1 amide bonds. The number of rotatable bonds is 8. The van der Waals surface area contributed by atoms with Crippen molar-refractivity contribution in [1.82, 2.24) is 9.80 Å². The number of ketones is 1. The maximum absolute atomic E-state index is 13.1. The van der Waals surface area contributed by atoms with Crippen LogP contribution in [0.2, 0.25) is 0 Å². The zero-order valence-electron chi connectivity index (χ0n) is 19.8. The molecule has 6 nitrogen and oxygen atoms in total. The second-order valence-corrected chi connectivity index (χ2v) is 9.95. The molecule has 1 aliphatic heterocycles. The number of ether oxygens (including phenoxy) is 1. The fourth-order valence-corrected chi connectivity index (χ4v) is 4.26. The van der Waals surface area contributed by atoms with Crippen molar-refractivity contribution in [1.29, 1.82) is 0 Å². The minimum Gasteiger partial charge on any atom is -0.507 e. The number of likely N-dealkylation sites (N-methyl/N-ethyl adjacent to an activating group) is 1. The van der Waals surface area contributed by atoms with Gasteiger partial charge in [0.15, 0.2) is 0 Å². The molecule has 0 spiro atoms. The number of benzene rings is 2. The lowest BCUT2D eigenvalue weighted by molar-refractivity contribution is -0.140. The molecule has 0 radical (unpaired) electrons. The van der Waals surface area contributed by atoms with Crippen LogP contribution < -0.4 is 4.74 Å². The average molecular weight is 515 g/mol. The van der Waals surface area contributed by atoms with E-state index >= 15 is 0 Å². The quantitative estimate of drug-likeness (QED) is 0.312. The van der Waals surface area contributed by atoms with Crippen LogP contribution in [-0.4, -0.2) is 60.4 Å². The van der Waals surface area contributed by atoms with Crippen molar-refractivity contribution < 1.29 is 19.4 Å². The molecule has 33 heavy (non-hydrogen) atoms. The normalized spacial score (nSPS) is 17.9. The van der Waals surface area contributed by atoms with E-state index in [4.69, 9.17) is 4.74 Å². The van der Waals surface area contributed by atoms with Crippen LogP contribution in [0.4, 0.5) is 0 Å². The topological polar surface area (TPSA) is 70.1 Å². The SMILES string of the molecule is Cc1cc(OCC(C)C)ccc1/C(O)=C1\C(=O)C(=O)N(CCN(C)C)C1c1cccc(Br)c1. The molecule has 1 atom stereocenters. The van der Waals surface area contributed by atoms with Crippen LogP contribution in [0.15, 0.2) is 52.5 Å². The van der Waals surface area contributed by atoms with Gasteiger partial charge in [0.25, 0.3) is 11.7 Å². The molecule has 1 heterocycles. The van der Waals surface area contributed by atoms with E-state index in [9.17, 15) is 14.7 Å². The van der Waals surface area contributed by atoms with Gasteiger partial charge in [-0.2, -0.15) is 0 Å². The van der Waals surface area contributed by atoms with Crippen molar-refractivity contribution >= 4 is 33.4 Å². The predicted octanol–water partition coefficient (Wildman–Crippen LogP) is 4.78. The Morgan fingerprint density at radius 2 is 1.91 bits per heavy atom. The first kappa shape index (κ1) is 25.0. The van der Waals surface area contributed by atoms with E-state index in [-0.39, 0.29) is 11.3 Å². The van der Waals surface area contributed by atoms with Gasteiger partial charge in [0.2, 0.25) is 0 Å². The molecular formula is C26H31BrN2O4. The Labute approximate surface area is 204 Å². The second-order valence-electron chi connectivity index (χ2n) is 9.03. The largest absolute Gasteiger partial charge is 0.507 e. The number of Topliss-reactive ketones (excluding diaryl/α,β-unsaturated/α-hetero) is 1. The highest BCUT2D eigenvalue weighted by Gasteiger charge is 2.46. The molecule has 0 aliphatic carbocycles. The van der Waals surface area contributed by atoms with Gasteiger partial charge >= 0.3 is 0 Å². The van der Waals surface area contributed by atoms with E-state index in [1.54, 1.807) is 17.0 Å². The monoisotopic (exact) mass is 514 g/mol. The van der Waals surface area contributed by atoms with E-state index in [0.29, 0.717) is 36.9 Å². The summed E-state index contributed by atoms with van der Waals surface area (Å²) in [6.07, 6.45) is 0. The van der Waals surface area contributed by atoms with Gasteiger partial charge in [-0.05, 0) is 68.4 Å². The Morgan fingerprint density at radius 3 is 2.52 bits per heavy atom. The Balaban J connectivity index is 2.09. The van der Waals surface area contributed by atoms with Crippen molar-refractivity contribution in [3.63, 3.8) is 0 Å². The summed E-state index contributed by atoms with van der Waals surface area (Å²) in [6, 6.07) is 12.2. The number of aliphatic hydroxyl groups excluding tert-OH is 1. The highest BCUT2D eigenvalue weighted by atomic mass is 79.9. The molecule has 2 aromatic carbocycles. The fraction of sp³-hybridized carbons (Fsp3) is 0.385. The van der Waals surface area contributed by atoms with Gasteiger partial charge in [-0.1, -0.05) is 41.9 Å². The third kappa shape index (κ3) is 5.65. The first-order chi connectivity index (χ1) is 15.6. The van der Waals surface area contributed by atoms with Crippen molar-refractivity contribution in [2.24, 2.45) is 5.92 Å². The van der Waals surface area contributed by atoms with Crippen LogP contribution in [0.25, 0.3) is 5.76 Å². The molecule has 1 fully saturated rings. The minimum absolute atomic E-state index is 0.107. The van der Waals surface area contributed by atoms with E-state index < -0.39 is 17.7 Å². The number of aryl methyl sites for hydroxylation is 1. The Hall–Kier alpha value is -2.64. The summed E-state index contributed by atoms with van der Waals surface area (Å²) in [5, 5.41) is 11.3. The Morgan fingerprint density at radius 1 is 1.18 bits per heavy atom. The van der Waals surface area contributed by atoms with Crippen molar-refractivity contribution in [3.8, 4) is 5.75 Å². The summed E-state index contributed by atoms with van der Waals surface area (Å²) >= 11 is 3.48. The molecule has 1 aliphatic rings. The Bertz CT molecular complexity index is 1080. The summed E-state index contributed by atoms with van der Waals surface area (Å²) in [7, 11) is 3.83. The lowest BCUT2D eigenvalue weighted by Gasteiger charge is -2.26. The van der Waals surface area contributed by atoms with Gasteiger partial charge in [-0.25, -0.2) is 0 Å². The molecule has 1 N–H and O–H groups in total. The first-order valence-corrected chi connectivity index (χ1v) is 11.8. The minimum atomic E-state index is -0.671. The maximum atomic E-state index is 13.1. The molecule has 0 bridgehead atoms. The third-order valence-electron chi connectivity index (χ3n) is 5.53. The van der Waals surface area contributed by atoms with Crippen LogP contribution in [0.5, 0.6) is 5.75 Å². The van der Waals surface area contributed by atoms with Crippen molar-refractivity contribution in [3.05, 3.63) is 69.2 Å². The number of likely N-dealkylation sites (tertiary alicyclic amines) is 1. The molecular weight excluding hydrogens is 484 g/mol. The number of carbonyl (C=O) groups is 2. The van der Waals surface area contributed by atoms with Crippen LogP contribution >= 0.6 is 15.9 Å². The number of halogens is 1. The first-order valence-electron chi connectivity index (χ1n) is 11.0. The molecule has 2 aromatic rings. The molecule has 3 rings (SSSR count). The number of hydrogen-bond acceptors (Lipinski definition) is 5. The fourth-order valence-electron chi connectivity index (χ4n) is 3.84. The van der Waals surface area contributed by atoms with Gasteiger partial charge in [0, 0.05) is 23.1 Å². The molecule has 0 aromatic heterocycles. The summed E-state index contributed by atoms with van der Waals surface area (Å²) in [5.74, 6) is -0.346. The van der Waals surface area contributed by atoms with E-state index in [1.807, 2.05) is 56.3 Å². The summed E-state index contributed by atoms with van der Waals surface area (Å²) in [6.45, 7) is 7.55. The van der Waals surface area contributed by atoms with Crippen LogP contribution in [0, 0.1) is 12.8 Å².